The van der Waals surface area contributed by atoms with Gasteiger partial charge in [-0.05, 0) is 13.0 Å². The van der Waals surface area contributed by atoms with Gasteiger partial charge in [-0.1, -0.05) is 24.3 Å². The van der Waals surface area contributed by atoms with Crippen molar-refractivity contribution in [2.24, 2.45) is 5.73 Å². The number of carbonyl (C=O) groups excluding carboxylic acids is 1. The van der Waals surface area contributed by atoms with E-state index in [4.69, 9.17) is 10.5 Å². The van der Waals surface area contributed by atoms with Crippen LogP contribution in [-0.4, -0.2) is 40.3 Å². The number of ether oxygens (including phenoxy) is 1. The van der Waals surface area contributed by atoms with Gasteiger partial charge in [0, 0.05) is 23.0 Å². The van der Waals surface area contributed by atoms with Gasteiger partial charge in [0.15, 0.2) is 5.82 Å². The van der Waals surface area contributed by atoms with E-state index in [-0.39, 0.29) is 11.8 Å². The molecule has 0 unspecified atom stereocenters. The monoisotopic (exact) mass is 335 g/mol. The quantitative estimate of drug-likeness (QED) is 0.780. The molecule has 1 fully saturated rings. The van der Waals surface area contributed by atoms with Gasteiger partial charge in [-0.25, -0.2) is 0 Å². The van der Waals surface area contributed by atoms with Crippen LogP contribution in [-0.2, 0) is 0 Å². The molecule has 7 nitrogen and oxygen atoms in total. The smallest absolute Gasteiger partial charge is 0.267 e. The minimum atomic E-state index is -0.568. The van der Waals surface area contributed by atoms with Crippen molar-refractivity contribution in [3.63, 3.8) is 0 Å². The first kappa shape index (κ1) is 15.3. The summed E-state index contributed by atoms with van der Waals surface area (Å²) in [4.78, 5) is 17.2. The molecule has 1 amide bonds. The highest BCUT2D eigenvalue weighted by Gasteiger charge is 2.31. The number of primary amides is 1. The van der Waals surface area contributed by atoms with E-state index in [2.05, 4.69) is 32.2 Å². The Balaban J connectivity index is 1.49. The molecule has 1 saturated heterocycles. The number of nitrogens with zero attached hydrogens (tertiary/aromatic N) is 4. The minimum Gasteiger partial charge on any atom is -0.487 e. The summed E-state index contributed by atoms with van der Waals surface area (Å²) in [7, 11) is 0. The van der Waals surface area contributed by atoms with Crippen molar-refractivity contribution in [1.29, 1.82) is 0 Å². The Hall–Kier alpha value is -3.22. The highest BCUT2D eigenvalue weighted by molar-refractivity contribution is 5.93. The number of hydrogen-bond donors (Lipinski definition) is 1. The van der Waals surface area contributed by atoms with Crippen molar-refractivity contribution in [3.8, 4) is 5.75 Å². The Morgan fingerprint density at radius 1 is 1.20 bits per heavy atom. The molecule has 126 valence electrons. The highest BCUT2D eigenvalue weighted by Crippen LogP contribution is 2.29. The fourth-order valence-corrected chi connectivity index (χ4v) is 2.95. The standard InChI is InChI=1S/C18H17N5O2/c1-11-14-4-2-3-5-15(14)18(22-21-11)23-9-13(10-23)25-12-6-7-20-16(8-12)17(19)24/h2-8,13H,9-10H2,1H3,(H2,19,24). The van der Waals surface area contributed by atoms with E-state index in [1.807, 2.05) is 19.1 Å². The van der Waals surface area contributed by atoms with Gasteiger partial charge in [0.05, 0.1) is 18.8 Å². The Labute approximate surface area is 144 Å². The average molecular weight is 335 g/mol. The van der Waals surface area contributed by atoms with E-state index in [0.717, 1.165) is 22.3 Å². The Bertz CT molecular complexity index is 953. The van der Waals surface area contributed by atoms with Gasteiger partial charge in [0.1, 0.15) is 17.5 Å². The third-order valence-corrected chi connectivity index (χ3v) is 4.29. The summed E-state index contributed by atoms with van der Waals surface area (Å²) in [5.74, 6) is 0.893. The van der Waals surface area contributed by atoms with Crippen molar-refractivity contribution in [1.82, 2.24) is 15.2 Å². The summed E-state index contributed by atoms with van der Waals surface area (Å²) in [6.45, 7) is 3.37. The largest absolute Gasteiger partial charge is 0.487 e. The summed E-state index contributed by atoms with van der Waals surface area (Å²) < 4.78 is 5.89. The summed E-state index contributed by atoms with van der Waals surface area (Å²) in [5, 5.41) is 10.8. The Morgan fingerprint density at radius 2 is 1.96 bits per heavy atom. The number of fused-ring (bicyclic) bond motifs is 1. The lowest BCUT2D eigenvalue weighted by molar-refractivity contribution is 0.0994. The fourth-order valence-electron chi connectivity index (χ4n) is 2.95. The topological polar surface area (TPSA) is 94.2 Å². The van der Waals surface area contributed by atoms with Gasteiger partial charge in [-0.15, -0.1) is 5.10 Å². The van der Waals surface area contributed by atoms with Crippen LogP contribution in [0.15, 0.2) is 42.6 Å². The van der Waals surface area contributed by atoms with Crippen molar-refractivity contribution in [2.75, 3.05) is 18.0 Å². The maximum atomic E-state index is 11.2. The van der Waals surface area contributed by atoms with E-state index in [9.17, 15) is 4.79 Å². The molecule has 7 heteroatoms. The predicted molar refractivity (Wildman–Crippen MR) is 93.7 cm³/mol. The van der Waals surface area contributed by atoms with Gasteiger partial charge in [-0.2, -0.15) is 5.10 Å². The zero-order valence-corrected chi connectivity index (χ0v) is 13.7. The molecule has 0 saturated carbocycles. The van der Waals surface area contributed by atoms with E-state index in [1.165, 1.54) is 6.20 Å². The first-order valence-corrected chi connectivity index (χ1v) is 8.01. The molecular formula is C18H17N5O2. The molecule has 4 rings (SSSR count). The summed E-state index contributed by atoms with van der Waals surface area (Å²) >= 11 is 0. The molecule has 2 N–H and O–H groups in total. The van der Waals surface area contributed by atoms with Crippen molar-refractivity contribution >= 4 is 22.5 Å². The first-order valence-electron chi connectivity index (χ1n) is 8.01. The van der Waals surface area contributed by atoms with Crippen LogP contribution in [0.3, 0.4) is 0 Å². The minimum absolute atomic E-state index is 0.0185. The molecule has 3 aromatic rings. The molecule has 0 radical (unpaired) electrons. The molecule has 0 atom stereocenters. The molecular weight excluding hydrogens is 318 g/mol. The van der Waals surface area contributed by atoms with Crippen molar-refractivity contribution in [2.45, 2.75) is 13.0 Å². The first-order chi connectivity index (χ1) is 12.1. The van der Waals surface area contributed by atoms with Crippen LogP contribution in [0.25, 0.3) is 10.8 Å². The molecule has 3 heterocycles. The van der Waals surface area contributed by atoms with Crippen molar-refractivity contribution < 1.29 is 9.53 Å². The highest BCUT2D eigenvalue weighted by atomic mass is 16.5. The number of nitrogens with two attached hydrogens (primary N) is 1. The van der Waals surface area contributed by atoms with Crippen LogP contribution >= 0.6 is 0 Å². The number of hydrogen-bond acceptors (Lipinski definition) is 6. The molecule has 0 aliphatic carbocycles. The molecule has 0 bridgehead atoms. The second-order valence-corrected chi connectivity index (χ2v) is 6.04. The lowest BCUT2D eigenvalue weighted by Gasteiger charge is -2.40. The van der Waals surface area contributed by atoms with Gasteiger partial charge < -0.3 is 15.4 Å². The van der Waals surface area contributed by atoms with Crippen LogP contribution in [0, 0.1) is 6.92 Å². The van der Waals surface area contributed by atoms with Crippen LogP contribution < -0.4 is 15.4 Å². The second-order valence-electron chi connectivity index (χ2n) is 6.04. The molecule has 1 aromatic carbocycles. The molecule has 1 aliphatic heterocycles. The lowest BCUT2D eigenvalue weighted by Crippen LogP contribution is -2.54. The number of pyridine rings is 1. The molecule has 1 aliphatic rings. The maximum Gasteiger partial charge on any atom is 0.267 e. The van der Waals surface area contributed by atoms with Gasteiger partial charge >= 0.3 is 0 Å². The van der Waals surface area contributed by atoms with E-state index >= 15 is 0 Å². The molecule has 0 spiro atoms. The number of rotatable bonds is 4. The van der Waals surface area contributed by atoms with Gasteiger partial charge in [-0.3, -0.25) is 9.78 Å². The Kier molecular flexibility index (Phi) is 3.68. The fraction of sp³-hybridized carbons (Fsp3) is 0.222. The maximum absolute atomic E-state index is 11.2. The zero-order chi connectivity index (χ0) is 17.4. The second kappa shape index (κ2) is 6.01. The van der Waals surface area contributed by atoms with E-state index < -0.39 is 5.91 Å². The van der Waals surface area contributed by atoms with E-state index in [1.54, 1.807) is 12.1 Å². The van der Waals surface area contributed by atoms with Crippen LogP contribution in [0.5, 0.6) is 5.75 Å². The number of amides is 1. The number of benzene rings is 1. The third kappa shape index (κ3) is 2.84. The van der Waals surface area contributed by atoms with Crippen LogP contribution in [0.1, 0.15) is 16.2 Å². The lowest BCUT2D eigenvalue weighted by atomic mass is 10.1. The van der Waals surface area contributed by atoms with Crippen molar-refractivity contribution in [3.05, 3.63) is 54.0 Å². The van der Waals surface area contributed by atoms with Crippen LogP contribution in [0.2, 0.25) is 0 Å². The number of anilines is 1. The zero-order valence-electron chi connectivity index (χ0n) is 13.7. The summed E-state index contributed by atoms with van der Waals surface area (Å²) in [6, 6.07) is 11.4. The Morgan fingerprint density at radius 3 is 2.72 bits per heavy atom. The molecule has 2 aromatic heterocycles. The SMILES string of the molecule is Cc1nnc(N2CC(Oc3ccnc(C(N)=O)c3)C2)c2ccccc12. The predicted octanol–water partition coefficient (Wildman–Crippen LogP) is 1.70. The molecule has 25 heavy (non-hydrogen) atoms. The number of carbonyl (C=O) groups is 1. The normalized spacial score (nSPS) is 14.4. The summed E-state index contributed by atoms with van der Waals surface area (Å²) in [5.41, 5.74) is 6.36. The number of aromatic nitrogens is 3. The number of aryl methyl sites for hydroxylation is 1. The third-order valence-electron chi connectivity index (χ3n) is 4.29. The van der Waals surface area contributed by atoms with Gasteiger partial charge in [0.25, 0.3) is 5.91 Å². The summed E-state index contributed by atoms with van der Waals surface area (Å²) in [6.07, 6.45) is 1.54. The van der Waals surface area contributed by atoms with Gasteiger partial charge in [0.2, 0.25) is 0 Å². The van der Waals surface area contributed by atoms with Crippen LogP contribution in [0.4, 0.5) is 5.82 Å². The average Bonchev–Trinajstić information content (AvgIpc) is 2.59. The van der Waals surface area contributed by atoms with E-state index in [0.29, 0.717) is 18.8 Å².